The third-order valence-corrected chi connectivity index (χ3v) is 3.74. The van der Waals surface area contributed by atoms with E-state index in [0.717, 1.165) is 18.0 Å². The topological polar surface area (TPSA) is 12.5 Å². The van der Waals surface area contributed by atoms with Crippen molar-refractivity contribution in [1.29, 1.82) is 0 Å². The number of hydrogen-bond donors (Lipinski definition) is 0. The van der Waals surface area contributed by atoms with Crippen LogP contribution >= 0.6 is 0 Å². The highest BCUT2D eigenvalue weighted by Crippen LogP contribution is 2.23. The van der Waals surface area contributed by atoms with E-state index in [4.69, 9.17) is 4.74 Å². The number of nitrogens with zero attached hydrogens (tertiary/aromatic N) is 1. The van der Waals surface area contributed by atoms with E-state index in [0.29, 0.717) is 0 Å². The lowest BCUT2D eigenvalue weighted by molar-refractivity contribution is 0.167. The Balaban J connectivity index is 2.00. The molecule has 0 saturated heterocycles. The van der Waals surface area contributed by atoms with Crippen molar-refractivity contribution in [1.82, 2.24) is 4.90 Å². The molecule has 0 fully saturated rings. The average Bonchev–Trinajstić information content (AvgIpc) is 2.42. The maximum atomic E-state index is 5.85. The van der Waals surface area contributed by atoms with Crippen molar-refractivity contribution in [3.63, 3.8) is 0 Å². The Morgan fingerprint density at radius 2 is 1.33 bits per heavy atom. The smallest absolute Gasteiger partial charge is 0.127 e. The van der Waals surface area contributed by atoms with Gasteiger partial charge in [0, 0.05) is 12.1 Å². The quantitative estimate of drug-likeness (QED) is 0.781. The Kier molecular flexibility index (Phi) is 4.69. The summed E-state index contributed by atoms with van der Waals surface area (Å²) in [7, 11) is 2.15. The van der Waals surface area contributed by atoms with Crippen molar-refractivity contribution < 1.29 is 4.74 Å². The summed E-state index contributed by atoms with van der Waals surface area (Å²) in [4.78, 5) is 2.34. The van der Waals surface area contributed by atoms with Gasteiger partial charge in [0.25, 0.3) is 0 Å². The molecule has 0 aromatic heterocycles. The van der Waals surface area contributed by atoms with E-state index < -0.39 is 0 Å². The SMILES string of the molecule is Cc1ccc(Oc2ccc(CN(C)C(C)(C)C)cc2)cc1. The van der Waals surface area contributed by atoms with Crippen molar-refractivity contribution in [3.8, 4) is 11.5 Å². The lowest BCUT2D eigenvalue weighted by Crippen LogP contribution is -2.37. The van der Waals surface area contributed by atoms with Crippen LogP contribution in [0.4, 0.5) is 0 Å². The summed E-state index contributed by atoms with van der Waals surface area (Å²) < 4.78 is 5.85. The van der Waals surface area contributed by atoms with Crippen LogP contribution in [0, 0.1) is 6.92 Å². The summed E-state index contributed by atoms with van der Waals surface area (Å²) in [6, 6.07) is 16.4. The Bertz CT molecular complexity index is 564. The highest BCUT2D eigenvalue weighted by molar-refractivity contribution is 5.34. The molecule has 0 aliphatic rings. The average molecular weight is 283 g/mol. The fourth-order valence-corrected chi connectivity index (χ4v) is 1.92. The molecule has 112 valence electrons. The van der Waals surface area contributed by atoms with Crippen LogP contribution in [-0.4, -0.2) is 17.5 Å². The molecule has 0 spiro atoms. The molecule has 0 N–H and O–H groups in total. The number of rotatable bonds is 4. The van der Waals surface area contributed by atoms with E-state index in [2.05, 4.69) is 63.9 Å². The molecular weight excluding hydrogens is 258 g/mol. The normalized spacial score (nSPS) is 11.7. The number of aryl methyl sites for hydroxylation is 1. The number of ether oxygens (including phenoxy) is 1. The van der Waals surface area contributed by atoms with Crippen molar-refractivity contribution in [3.05, 3.63) is 59.7 Å². The predicted octanol–water partition coefficient (Wildman–Crippen LogP) is 5.02. The number of benzene rings is 2. The van der Waals surface area contributed by atoms with Gasteiger partial charge in [-0.3, -0.25) is 4.90 Å². The van der Waals surface area contributed by atoms with E-state index in [9.17, 15) is 0 Å². The van der Waals surface area contributed by atoms with Gasteiger partial charge in [0.1, 0.15) is 11.5 Å². The second kappa shape index (κ2) is 6.31. The number of hydrogen-bond acceptors (Lipinski definition) is 2. The van der Waals surface area contributed by atoms with Crippen LogP contribution in [0.25, 0.3) is 0 Å². The molecule has 0 radical (unpaired) electrons. The minimum Gasteiger partial charge on any atom is -0.457 e. The lowest BCUT2D eigenvalue weighted by Gasteiger charge is -2.31. The van der Waals surface area contributed by atoms with Crippen molar-refractivity contribution in [2.75, 3.05) is 7.05 Å². The van der Waals surface area contributed by atoms with Crippen LogP contribution in [0.1, 0.15) is 31.9 Å². The van der Waals surface area contributed by atoms with Gasteiger partial charge < -0.3 is 4.74 Å². The molecule has 0 saturated carbocycles. The summed E-state index contributed by atoms with van der Waals surface area (Å²) in [6.07, 6.45) is 0. The summed E-state index contributed by atoms with van der Waals surface area (Å²) in [5.41, 5.74) is 2.71. The van der Waals surface area contributed by atoms with Crippen LogP contribution in [-0.2, 0) is 6.54 Å². The molecule has 0 heterocycles. The zero-order chi connectivity index (χ0) is 15.5. The summed E-state index contributed by atoms with van der Waals surface area (Å²) in [5, 5.41) is 0. The van der Waals surface area contributed by atoms with Crippen LogP contribution < -0.4 is 4.74 Å². The Morgan fingerprint density at radius 3 is 1.81 bits per heavy atom. The molecule has 2 rings (SSSR count). The largest absolute Gasteiger partial charge is 0.457 e. The van der Waals surface area contributed by atoms with Gasteiger partial charge in [0.05, 0.1) is 0 Å². The van der Waals surface area contributed by atoms with E-state index in [1.165, 1.54) is 11.1 Å². The monoisotopic (exact) mass is 283 g/mol. The molecule has 2 aromatic carbocycles. The maximum absolute atomic E-state index is 5.85. The zero-order valence-electron chi connectivity index (χ0n) is 13.7. The Hall–Kier alpha value is -1.80. The van der Waals surface area contributed by atoms with E-state index in [1.807, 2.05) is 24.3 Å². The molecule has 0 atom stereocenters. The lowest BCUT2D eigenvalue weighted by atomic mass is 10.1. The molecule has 21 heavy (non-hydrogen) atoms. The molecule has 0 aliphatic heterocycles. The van der Waals surface area contributed by atoms with Crippen LogP contribution in [0.3, 0.4) is 0 Å². The highest BCUT2D eigenvalue weighted by Gasteiger charge is 2.16. The van der Waals surface area contributed by atoms with Crippen LogP contribution in [0.5, 0.6) is 11.5 Å². The first-order valence-electron chi connectivity index (χ1n) is 7.39. The molecule has 2 nitrogen and oxygen atoms in total. The standard InChI is InChI=1S/C19H25NO/c1-15-6-10-17(11-7-15)21-18-12-8-16(9-13-18)14-20(5)19(2,3)4/h6-13H,14H2,1-5H3. The van der Waals surface area contributed by atoms with Crippen LogP contribution in [0.15, 0.2) is 48.5 Å². The first kappa shape index (κ1) is 15.6. The zero-order valence-corrected chi connectivity index (χ0v) is 13.7. The van der Waals surface area contributed by atoms with Gasteiger partial charge in [-0.05, 0) is 64.6 Å². The second-order valence-electron chi connectivity index (χ2n) is 6.59. The second-order valence-corrected chi connectivity index (χ2v) is 6.59. The molecule has 0 amide bonds. The molecular formula is C19H25NO. The molecule has 2 aromatic rings. The van der Waals surface area contributed by atoms with Gasteiger partial charge in [-0.1, -0.05) is 29.8 Å². The van der Waals surface area contributed by atoms with Gasteiger partial charge in [0.15, 0.2) is 0 Å². The minimum atomic E-state index is 0.178. The predicted molar refractivity (Wildman–Crippen MR) is 88.9 cm³/mol. The van der Waals surface area contributed by atoms with Gasteiger partial charge in [-0.15, -0.1) is 0 Å². The Morgan fingerprint density at radius 1 is 0.857 bits per heavy atom. The molecule has 0 unspecified atom stereocenters. The third kappa shape index (κ3) is 4.61. The van der Waals surface area contributed by atoms with Crippen molar-refractivity contribution >= 4 is 0 Å². The van der Waals surface area contributed by atoms with Gasteiger partial charge in [-0.25, -0.2) is 0 Å². The van der Waals surface area contributed by atoms with E-state index in [-0.39, 0.29) is 5.54 Å². The molecule has 0 aliphatic carbocycles. The minimum absolute atomic E-state index is 0.178. The fourth-order valence-electron chi connectivity index (χ4n) is 1.92. The first-order valence-corrected chi connectivity index (χ1v) is 7.39. The summed E-state index contributed by atoms with van der Waals surface area (Å²) in [6.45, 7) is 9.68. The molecule has 2 heteroatoms. The van der Waals surface area contributed by atoms with Crippen molar-refractivity contribution in [2.24, 2.45) is 0 Å². The summed E-state index contributed by atoms with van der Waals surface area (Å²) >= 11 is 0. The van der Waals surface area contributed by atoms with Crippen molar-refractivity contribution in [2.45, 2.75) is 39.8 Å². The summed E-state index contributed by atoms with van der Waals surface area (Å²) in [5.74, 6) is 1.75. The third-order valence-electron chi connectivity index (χ3n) is 3.74. The fraction of sp³-hybridized carbons (Fsp3) is 0.368. The van der Waals surface area contributed by atoms with Gasteiger partial charge in [0.2, 0.25) is 0 Å². The Labute approximate surface area is 128 Å². The molecule has 0 bridgehead atoms. The first-order chi connectivity index (χ1) is 9.84. The van der Waals surface area contributed by atoms with E-state index in [1.54, 1.807) is 0 Å². The van der Waals surface area contributed by atoms with Gasteiger partial charge >= 0.3 is 0 Å². The van der Waals surface area contributed by atoms with Gasteiger partial charge in [-0.2, -0.15) is 0 Å². The van der Waals surface area contributed by atoms with E-state index >= 15 is 0 Å². The highest BCUT2D eigenvalue weighted by atomic mass is 16.5. The van der Waals surface area contributed by atoms with Crippen LogP contribution in [0.2, 0.25) is 0 Å². The maximum Gasteiger partial charge on any atom is 0.127 e.